The fourth-order valence-electron chi connectivity index (χ4n) is 2.05. The lowest BCUT2D eigenvalue weighted by atomic mass is 10.1. The number of aryl methyl sites for hydroxylation is 1. The van der Waals surface area contributed by atoms with Gasteiger partial charge in [0.2, 0.25) is 15.9 Å². The Balaban J connectivity index is 2.23. The molecule has 0 fully saturated rings. The summed E-state index contributed by atoms with van der Waals surface area (Å²) < 4.78 is 30.9. The Labute approximate surface area is 145 Å². The van der Waals surface area contributed by atoms with Crippen LogP contribution in [0.3, 0.4) is 0 Å². The molecule has 0 aliphatic heterocycles. The first kappa shape index (κ1) is 20.6. The van der Waals surface area contributed by atoms with E-state index in [1.54, 1.807) is 24.3 Å². The van der Waals surface area contributed by atoms with E-state index in [4.69, 9.17) is 4.74 Å². The van der Waals surface area contributed by atoms with E-state index in [0.717, 1.165) is 31.4 Å². The van der Waals surface area contributed by atoms with Crippen LogP contribution in [-0.2, 0) is 26.0 Å². The average Bonchev–Trinajstić information content (AvgIpc) is 2.59. The molecule has 0 saturated heterocycles. The second-order valence-electron chi connectivity index (χ2n) is 5.52. The number of sulfonamides is 1. The smallest absolute Gasteiger partial charge is 0.240 e. The Hall–Kier alpha value is -1.44. The first-order chi connectivity index (χ1) is 11.5. The van der Waals surface area contributed by atoms with Crippen LogP contribution in [0, 0.1) is 0 Å². The zero-order valence-electron chi connectivity index (χ0n) is 14.5. The maximum absolute atomic E-state index is 11.8. The van der Waals surface area contributed by atoms with Crippen LogP contribution in [0.5, 0.6) is 0 Å². The second-order valence-corrected chi connectivity index (χ2v) is 7.41. The number of ether oxygens (including phenoxy) is 1. The number of hydrogen-bond acceptors (Lipinski definition) is 4. The van der Waals surface area contributed by atoms with Gasteiger partial charge in [0.15, 0.2) is 0 Å². The van der Waals surface area contributed by atoms with Gasteiger partial charge in [0.05, 0.1) is 4.90 Å². The Morgan fingerprint density at radius 2 is 1.79 bits per heavy atom. The van der Waals surface area contributed by atoms with Crippen LogP contribution in [0.1, 0.15) is 38.2 Å². The summed E-state index contributed by atoms with van der Waals surface area (Å²) in [6.07, 6.45) is 3.97. The van der Waals surface area contributed by atoms with Crippen molar-refractivity contribution in [1.82, 2.24) is 10.0 Å². The van der Waals surface area contributed by atoms with Gasteiger partial charge >= 0.3 is 0 Å². The normalized spacial score (nSPS) is 11.4. The largest absolute Gasteiger partial charge is 0.381 e. The van der Waals surface area contributed by atoms with Crippen LogP contribution in [0.25, 0.3) is 0 Å². The van der Waals surface area contributed by atoms with Crippen molar-refractivity contribution in [2.75, 3.05) is 26.8 Å². The predicted molar refractivity (Wildman–Crippen MR) is 94.4 cm³/mol. The number of carbonyl (C=O) groups excluding carboxylic acids is 1. The van der Waals surface area contributed by atoms with Gasteiger partial charge in [-0.05, 0) is 44.0 Å². The zero-order chi connectivity index (χ0) is 17.8. The summed E-state index contributed by atoms with van der Waals surface area (Å²) in [6.45, 7) is 4.19. The lowest BCUT2D eigenvalue weighted by Gasteiger charge is -2.07. The summed E-state index contributed by atoms with van der Waals surface area (Å²) in [7, 11) is -2.03. The Kier molecular flexibility index (Phi) is 9.59. The molecule has 0 aromatic heterocycles. The van der Waals surface area contributed by atoms with Gasteiger partial charge in [0.1, 0.15) is 0 Å². The van der Waals surface area contributed by atoms with Crippen LogP contribution in [0.15, 0.2) is 29.2 Å². The van der Waals surface area contributed by atoms with E-state index in [0.29, 0.717) is 26.0 Å². The lowest BCUT2D eigenvalue weighted by molar-refractivity contribution is -0.121. The first-order valence-corrected chi connectivity index (χ1v) is 9.85. The third-order valence-electron chi connectivity index (χ3n) is 3.57. The molecule has 0 heterocycles. The molecule has 24 heavy (non-hydrogen) atoms. The lowest BCUT2D eigenvalue weighted by Crippen LogP contribution is -2.25. The van der Waals surface area contributed by atoms with E-state index in [2.05, 4.69) is 17.0 Å². The third-order valence-corrected chi connectivity index (χ3v) is 5.00. The minimum atomic E-state index is -3.41. The molecule has 0 aliphatic carbocycles. The van der Waals surface area contributed by atoms with E-state index in [-0.39, 0.29) is 10.8 Å². The molecule has 0 radical (unpaired) electrons. The fourth-order valence-corrected chi connectivity index (χ4v) is 2.78. The quantitative estimate of drug-likeness (QED) is 0.560. The van der Waals surface area contributed by atoms with Crippen molar-refractivity contribution in [3.8, 4) is 0 Å². The van der Waals surface area contributed by atoms with Crippen LogP contribution in [-0.4, -0.2) is 41.1 Å². The zero-order valence-corrected chi connectivity index (χ0v) is 15.3. The molecule has 2 N–H and O–H groups in total. The van der Waals surface area contributed by atoms with Gasteiger partial charge in [-0.2, -0.15) is 0 Å². The Bertz CT molecular complexity index is 585. The van der Waals surface area contributed by atoms with Crippen LogP contribution >= 0.6 is 0 Å². The molecule has 0 bridgehead atoms. The SMILES string of the molecule is CCCCOCCCNC(=O)CCc1ccc(S(=O)(=O)NC)cc1. The molecular weight excluding hydrogens is 328 g/mol. The maximum Gasteiger partial charge on any atom is 0.240 e. The predicted octanol–water partition coefficient (Wildman–Crippen LogP) is 1.85. The second kappa shape index (κ2) is 11.2. The molecule has 136 valence electrons. The van der Waals surface area contributed by atoms with Gasteiger partial charge in [-0.15, -0.1) is 0 Å². The number of carbonyl (C=O) groups is 1. The molecule has 7 heteroatoms. The molecule has 1 aromatic rings. The molecule has 1 rings (SSSR count). The summed E-state index contributed by atoms with van der Waals surface area (Å²) in [5.74, 6) is -0.00418. The number of nitrogens with one attached hydrogen (secondary N) is 2. The molecular formula is C17H28N2O4S. The Morgan fingerprint density at radius 1 is 1.12 bits per heavy atom. The van der Waals surface area contributed by atoms with Gasteiger partial charge in [-0.1, -0.05) is 25.5 Å². The number of rotatable bonds is 12. The van der Waals surface area contributed by atoms with E-state index in [9.17, 15) is 13.2 Å². The summed E-state index contributed by atoms with van der Waals surface area (Å²) in [4.78, 5) is 12.0. The first-order valence-electron chi connectivity index (χ1n) is 8.36. The van der Waals surface area contributed by atoms with Gasteiger partial charge in [0, 0.05) is 26.2 Å². The Morgan fingerprint density at radius 3 is 2.42 bits per heavy atom. The van der Waals surface area contributed by atoms with Crippen molar-refractivity contribution in [2.24, 2.45) is 0 Å². The summed E-state index contributed by atoms with van der Waals surface area (Å²) in [5, 5.41) is 2.86. The number of unbranched alkanes of at least 4 members (excludes halogenated alkanes) is 1. The summed E-state index contributed by atoms with van der Waals surface area (Å²) in [5.41, 5.74) is 0.933. The van der Waals surface area contributed by atoms with Crippen molar-refractivity contribution in [2.45, 2.75) is 43.9 Å². The third kappa shape index (κ3) is 7.90. The van der Waals surface area contributed by atoms with Crippen molar-refractivity contribution in [1.29, 1.82) is 0 Å². The topological polar surface area (TPSA) is 84.5 Å². The molecule has 0 atom stereocenters. The molecule has 0 unspecified atom stereocenters. The monoisotopic (exact) mass is 356 g/mol. The molecule has 1 aromatic carbocycles. The maximum atomic E-state index is 11.8. The molecule has 0 aliphatic rings. The highest BCUT2D eigenvalue weighted by atomic mass is 32.2. The number of amides is 1. The summed E-state index contributed by atoms with van der Waals surface area (Å²) >= 11 is 0. The molecule has 6 nitrogen and oxygen atoms in total. The van der Waals surface area contributed by atoms with Crippen molar-refractivity contribution in [3.63, 3.8) is 0 Å². The van der Waals surface area contributed by atoms with Gasteiger partial charge in [0.25, 0.3) is 0 Å². The van der Waals surface area contributed by atoms with E-state index < -0.39 is 10.0 Å². The minimum absolute atomic E-state index is 0.00418. The van der Waals surface area contributed by atoms with Gasteiger partial charge in [-0.25, -0.2) is 13.1 Å². The highest BCUT2D eigenvalue weighted by molar-refractivity contribution is 7.89. The van der Waals surface area contributed by atoms with Crippen LogP contribution in [0.2, 0.25) is 0 Å². The standard InChI is InChI=1S/C17H28N2O4S/c1-3-4-13-23-14-5-12-19-17(20)11-8-15-6-9-16(10-7-15)24(21,22)18-2/h6-7,9-10,18H,3-5,8,11-14H2,1-2H3,(H,19,20). The van der Waals surface area contributed by atoms with Crippen molar-refractivity contribution < 1.29 is 17.9 Å². The van der Waals surface area contributed by atoms with Gasteiger partial charge < -0.3 is 10.1 Å². The highest BCUT2D eigenvalue weighted by Crippen LogP contribution is 2.11. The molecule has 0 saturated carbocycles. The van der Waals surface area contributed by atoms with Gasteiger partial charge in [-0.3, -0.25) is 4.79 Å². The minimum Gasteiger partial charge on any atom is -0.381 e. The van der Waals surface area contributed by atoms with E-state index in [1.165, 1.54) is 7.05 Å². The highest BCUT2D eigenvalue weighted by Gasteiger charge is 2.10. The van der Waals surface area contributed by atoms with Crippen LogP contribution in [0.4, 0.5) is 0 Å². The average molecular weight is 356 g/mol. The number of hydrogen-bond donors (Lipinski definition) is 2. The van der Waals surface area contributed by atoms with Crippen molar-refractivity contribution in [3.05, 3.63) is 29.8 Å². The van der Waals surface area contributed by atoms with Crippen molar-refractivity contribution >= 4 is 15.9 Å². The summed E-state index contributed by atoms with van der Waals surface area (Å²) in [6, 6.07) is 6.57. The fraction of sp³-hybridized carbons (Fsp3) is 0.588. The molecule has 1 amide bonds. The van der Waals surface area contributed by atoms with E-state index >= 15 is 0 Å². The number of benzene rings is 1. The van der Waals surface area contributed by atoms with Crippen LogP contribution < -0.4 is 10.0 Å². The van der Waals surface area contributed by atoms with E-state index in [1.807, 2.05) is 0 Å². The molecule has 0 spiro atoms.